The van der Waals surface area contributed by atoms with Gasteiger partial charge in [0.25, 0.3) is 20.2 Å². The monoisotopic (exact) mass is 1600 g/mol. The minimum absolute atomic E-state index is 0.00724. The Morgan fingerprint density at radius 3 is 0.593 bits per heavy atom. The lowest BCUT2D eigenvalue weighted by Crippen LogP contribution is -2.31. The number of rotatable bonds is 26. The molecular formula is C87H59FO20S5. The Balaban J connectivity index is 0.597. The number of phenolic OH excluding ortho intramolecular Hbond substituents is 1. The summed E-state index contributed by atoms with van der Waals surface area (Å²) in [7, 11) is -21.2. The molecule has 0 saturated carbocycles. The van der Waals surface area contributed by atoms with E-state index in [2.05, 4.69) is 0 Å². The van der Waals surface area contributed by atoms with Crippen molar-refractivity contribution in [3.63, 3.8) is 0 Å². The number of aromatic hydroxyl groups is 1. The largest absolute Gasteiger partial charge is 0.508 e. The van der Waals surface area contributed by atoms with Crippen LogP contribution < -0.4 is 23.7 Å². The Hall–Kier alpha value is -13.2. The Kier molecular flexibility index (Phi) is 21.2. The Morgan fingerprint density at radius 2 is 0.389 bits per heavy atom. The second kappa shape index (κ2) is 31.3. The van der Waals surface area contributed by atoms with Crippen LogP contribution in [0.4, 0.5) is 4.39 Å². The third kappa shape index (κ3) is 16.8. The van der Waals surface area contributed by atoms with Crippen LogP contribution in [0, 0.1) is 5.82 Å². The number of halogens is 1. The number of hydrogen-bond donors (Lipinski definition) is 3. The van der Waals surface area contributed by atoms with Gasteiger partial charge in [0.1, 0.15) is 69.1 Å². The standard InChI is InChI=1S/C87H59FO20S5/c88-65-17-1-57(2-18-65)85(90)58-3-21-67(22-4-58)104-70-27-9-61(10-28-70)87(63-13-41-83(42-14-63)112(98,99)100,64-15-43-84(44-16-64)113(101,102)103)62-11-29-71(30-12-62)105-68-23-5-59(6-24-68)86(91)60-7-25-69(26-8-60)106-72-31-49-79(50-32-72)110(94,95)80-51-37-75(38-52-80)108-76-39-55-82(56-40-76)111(96,97)81-53-35-74(36-54-81)107-73-33-47-78(48-34-73)109(92,93)77-45-19-66(89)20-46-77/h1-56,89H,(H,98,99,100)(H,101,102,103). The summed E-state index contributed by atoms with van der Waals surface area (Å²) in [6.07, 6.45) is 0. The van der Waals surface area contributed by atoms with Gasteiger partial charge in [-0.3, -0.25) is 18.7 Å². The van der Waals surface area contributed by atoms with Crippen molar-refractivity contribution in [2.45, 2.75) is 44.6 Å². The van der Waals surface area contributed by atoms with Crippen molar-refractivity contribution < 1.29 is 94.0 Å². The van der Waals surface area contributed by atoms with Crippen molar-refractivity contribution in [1.29, 1.82) is 0 Å². The first-order valence-corrected chi connectivity index (χ1v) is 41.4. The number of carbonyl (C=O) groups excluding carboxylic acids is 2. The van der Waals surface area contributed by atoms with Crippen LogP contribution in [-0.2, 0) is 55.2 Å². The highest BCUT2D eigenvalue weighted by Crippen LogP contribution is 2.47. The topological polar surface area (TPSA) is 312 Å². The van der Waals surface area contributed by atoms with Crippen molar-refractivity contribution >= 4 is 61.3 Å². The first-order valence-electron chi connectivity index (χ1n) is 34.0. The Morgan fingerprint density at radius 1 is 0.230 bits per heavy atom. The molecule has 0 saturated heterocycles. The van der Waals surface area contributed by atoms with Gasteiger partial charge in [-0.05, 0) is 313 Å². The maximum absolute atomic E-state index is 13.8. The molecule has 20 nitrogen and oxygen atoms in total. The Bertz CT molecular complexity index is 6390. The fourth-order valence-corrected chi connectivity index (χ4v) is 17.1. The van der Waals surface area contributed by atoms with Crippen LogP contribution in [0.25, 0.3) is 0 Å². The van der Waals surface area contributed by atoms with E-state index in [1.807, 2.05) is 0 Å². The van der Waals surface area contributed by atoms with E-state index in [0.29, 0.717) is 90.5 Å². The van der Waals surface area contributed by atoms with Gasteiger partial charge in [-0.25, -0.2) is 29.6 Å². The number of carbonyl (C=O) groups is 2. The van der Waals surface area contributed by atoms with Gasteiger partial charge >= 0.3 is 0 Å². The molecule has 0 aliphatic heterocycles. The summed E-state index contributed by atoms with van der Waals surface area (Å²) in [6.45, 7) is 0. The molecule has 0 heterocycles. The number of hydrogen-bond acceptors (Lipinski definition) is 18. The highest BCUT2D eigenvalue weighted by Gasteiger charge is 2.39. The summed E-state index contributed by atoms with van der Waals surface area (Å²) in [5.41, 5.74) is 1.97. The zero-order valence-corrected chi connectivity index (χ0v) is 62.6. The minimum atomic E-state index is -4.65. The molecule has 0 atom stereocenters. The number of ether oxygens (including phenoxy) is 5. The average Bonchev–Trinajstić information content (AvgIpc) is 0.727. The second-order valence-corrected chi connectivity index (χ2v) is 34.1. The molecule has 0 unspecified atom stereocenters. The maximum Gasteiger partial charge on any atom is 0.294 e. The fourth-order valence-electron chi connectivity index (χ4n) is 12.4. The van der Waals surface area contributed by atoms with E-state index in [0.717, 1.165) is 0 Å². The highest BCUT2D eigenvalue weighted by atomic mass is 32.2. The van der Waals surface area contributed by atoms with Gasteiger partial charge < -0.3 is 28.8 Å². The molecule has 0 bridgehead atoms. The van der Waals surface area contributed by atoms with Crippen LogP contribution in [0.15, 0.2) is 379 Å². The van der Waals surface area contributed by atoms with E-state index in [9.17, 15) is 70.3 Å². The zero-order chi connectivity index (χ0) is 79.5. The predicted molar refractivity (Wildman–Crippen MR) is 414 cm³/mol. The quantitative estimate of drug-likeness (QED) is 0.0258. The Labute approximate surface area is 648 Å². The summed E-state index contributed by atoms with van der Waals surface area (Å²) >= 11 is 0. The molecule has 14 aromatic rings. The molecule has 3 N–H and O–H groups in total. The molecule has 0 radical (unpaired) electrons. The molecule has 14 aromatic carbocycles. The molecule has 14 rings (SSSR count). The molecule has 0 aliphatic rings. The maximum atomic E-state index is 13.8. The van der Waals surface area contributed by atoms with E-state index in [1.54, 1.807) is 121 Å². The van der Waals surface area contributed by atoms with E-state index in [1.165, 1.54) is 218 Å². The van der Waals surface area contributed by atoms with Gasteiger partial charge in [-0.2, -0.15) is 16.8 Å². The number of phenols is 1. The lowest BCUT2D eigenvalue weighted by molar-refractivity contribution is 0.103. The molecular weight excluding hydrogens is 1540 g/mol. The van der Waals surface area contributed by atoms with Crippen molar-refractivity contribution in [2.75, 3.05) is 0 Å². The third-order valence-electron chi connectivity index (χ3n) is 18.2. The van der Waals surface area contributed by atoms with Crippen LogP contribution >= 0.6 is 0 Å². The van der Waals surface area contributed by atoms with Crippen LogP contribution in [0.1, 0.15) is 54.1 Å². The molecule has 0 aliphatic carbocycles. The lowest BCUT2D eigenvalue weighted by atomic mass is 9.65. The first kappa shape index (κ1) is 76.6. The summed E-state index contributed by atoms with van der Waals surface area (Å²) in [5, 5.41) is 9.54. The molecule has 0 fully saturated rings. The van der Waals surface area contributed by atoms with Crippen molar-refractivity contribution in [1.82, 2.24) is 0 Å². The minimum Gasteiger partial charge on any atom is -0.508 e. The van der Waals surface area contributed by atoms with Crippen molar-refractivity contribution in [3.8, 4) is 63.2 Å². The van der Waals surface area contributed by atoms with Gasteiger partial charge in [0, 0.05) is 22.3 Å². The summed E-state index contributed by atoms with van der Waals surface area (Å²) in [5.74, 6) is 2.12. The summed E-state index contributed by atoms with van der Waals surface area (Å²) in [6, 6.07) is 82.8. The number of ketones is 2. The SMILES string of the molecule is O=C(c1ccc(F)cc1)c1ccc(Oc2ccc(C(c3ccc(Oc4ccc(C(=O)c5ccc(Oc6ccc(S(=O)(=O)c7ccc(Oc8ccc(S(=O)(=O)c9ccc(Oc%10ccc(S(=O)(=O)c%11ccc(O)cc%11)cc%10)cc9)cc8)cc7)cc6)cc5)cc4)cc3)(c3ccc(S(=O)(=O)O)cc3)c3ccc(S(=O)(=O)O)cc3)cc2)cc1. The summed E-state index contributed by atoms with van der Waals surface area (Å²) in [4.78, 5) is 26.1. The zero-order valence-electron chi connectivity index (χ0n) is 58.5. The second-order valence-electron chi connectivity index (χ2n) is 25.4. The van der Waals surface area contributed by atoms with E-state index in [-0.39, 0.29) is 68.0 Å². The van der Waals surface area contributed by atoms with E-state index >= 15 is 0 Å². The highest BCUT2D eigenvalue weighted by molar-refractivity contribution is 7.92. The van der Waals surface area contributed by atoms with E-state index < -0.39 is 61.0 Å². The van der Waals surface area contributed by atoms with Gasteiger partial charge in [0.2, 0.25) is 29.5 Å². The molecule has 0 amide bonds. The van der Waals surface area contributed by atoms with Crippen LogP contribution in [0.2, 0.25) is 0 Å². The normalized spacial score (nSPS) is 12.0. The predicted octanol–water partition coefficient (Wildman–Crippen LogP) is 18.3. The fraction of sp³-hybridized carbons (Fsp3) is 0.0115. The third-order valence-corrected chi connectivity index (χ3v) is 25.3. The summed E-state index contributed by atoms with van der Waals surface area (Å²) < 4.78 is 194. The van der Waals surface area contributed by atoms with Crippen molar-refractivity contribution in [2.24, 2.45) is 0 Å². The number of sulfone groups is 3. The van der Waals surface area contributed by atoms with Crippen LogP contribution in [-0.4, -0.2) is 67.9 Å². The smallest absolute Gasteiger partial charge is 0.294 e. The van der Waals surface area contributed by atoms with Gasteiger partial charge in [-0.15, -0.1) is 0 Å². The number of benzene rings is 14. The molecule has 26 heteroatoms. The lowest BCUT2D eigenvalue weighted by Gasteiger charge is -2.37. The molecule has 113 heavy (non-hydrogen) atoms. The van der Waals surface area contributed by atoms with Gasteiger partial charge in [-0.1, -0.05) is 48.5 Å². The van der Waals surface area contributed by atoms with Crippen LogP contribution in [0.3, 0.4) is 0 Å². The average molecular weight is 1600 g/mol. The van der Waals surface area contributed by atoms with Gasteiger partial charge in [0.05, 0.1) is 44.6 Å². The van der Waals surface area contributed by atoms with Crippen molar-refractivity contribution in [3.05, 3.63) is 390 Å². The van der Waals surface area contributed by atoms with E-state index in [4.69, 9.17) is 23.7 Å². The first-order chi connectivity index (χ1) is 54.1. The molecule has 564 valence electrons. The van der Waals surface area contributed by atoms with Gasteiger partial charge in [0.15, 0.2) is 11.6 Å². The molecule has 0 spiro atoms. The van der Waals surface area contributed by atoms with Crippen LogP contribution in [0.5, 0.6) is 63.2 Å². The molecule has 0 aromatic heterocycles.